The average Bonchev–Trinajstić information content (AvgIpc) is 2.93. The van der Waals surface area contributed by atoms with Crippen molar-refractivity contribution >= 4 is 15.9 Å². The number of nitrogens with one attached hydrogen (secondary N) is 2. The Labute approximate surface area is 98.8 Å². The van der Waals surface area contributed by atoms with Crippen LogP contribution in [0.15, 0.2) is 4.90 Å². The predicted octanol–water partition coefficient (Wildman–Crippen LogP) is -0.488. The van der Waals surface area contributed by atoms with Crippen molar-refractivity contribution in [3.05, 3.63) is 11.4 Å². The largest absolute Gasteiger partial charge is 0.348 e. The predicted molar refractivity (Wildman–Crippen MR) is 59.8 cm³/mol. The van der Waals surface area contributed by atoms with Crippen molar-refractivity contribution in [2.45, 2.75) is 37.1 Å². The van der Waals surface area contributed by atoms with E-state index in [0.29, 0.717) is 12.1 Å². The zero-order chi connectivity index (χ0) is 12.6. The number of hydrogen-bond donors (Lipinski definition) is 3. The van der Waals surface area contributed by atoms with Gasteiger partial charge < -0.3 is 5.32 Å². The zero-order valence-corrected chi connectivity index (χ0v) is 10.2. The Kier molecular flexibility index (Phi) is 2.92. The van der Waals surface area contributed by atoms with Gasteiger partial charge in [-0.1, -0.05) is 6.92 Å². The van der Waals surface area contributed by atoms with E-state index in [1.807, 2.05) is 0 Å². The molecule has 1 aliphatic rings. The topological polar surface area (TPSA) is 118 Å². The second kappa shape index (κ2) is 4.11. The number of aromatic amines is 1. The minimum absolute atomic E-state index is 0.137. The minimum atomic E-state index is -3.95. The molecule has 1 heterocycles. The van der Waals surface area contributed by atoms with Crippen LogP contribution in [0.25, 0.3) is 0 Å². The maximum absolute atomic E-state index is 11.8. The average molecular weight is 258 g/mol. The van der Waals surface area contributed by atoms with E-state index in [-0.39, 0.29) is 16.6 Å². The summed E-state index contributed by atoms with van der Waals surface area (Å²) in [5.41, 5.74) is 0.213. The highest BCUT2D eigenvalue weighted by Gasteiger charge is 2.30. The van der Waals surface area contributed by atoms with Gasteiger partial charge in [0.1, 0.15) is 4.90 Å². The lowest BCUT2D eigenvalue weighted by Gasteiger charge is -2.03. The molecule has 1 aromatic rings. The number of hydrogen-bond acceptors (Lipinski definition) is 4. The highest BCUT2D eigenvalue weighted by atomic mass is 32.2. The van der Waals surface area contributed by atoms with E-state index >= 15 is 0 Å². The minimum Gasteiger partial charge on any atom is -0.348 e. The molecule has 1 aliphatic carbocycles. The highest BCUT2D eigenvalue weighted by molar-refractivity contribution is 7.89. The van der Waals surface area contributed by atoms with Crippen molar-refractivity contribution in [3.63, 3.8) is 0 Å². The molecule has 8 heteroatoms. The number of amides is 1. The van der Waals surface area contributed by atoms with Crippen LogP contribution in [-0.2, 0) is 16.4 Å². The second-order valence-corrected chi connectivity index (χ2v) is 5.52. The van der Waals surface area contributed by atoms with E-state index in [4.69, 9.17) is 5.14 Å². The summed E-state index contributed by atoms with van der Waals surface area (Å²) in [5.74, 6) is -0.493. The monoisotopic (exact) mass is 258 g/mol. The number of carbonyl (C=O) groups excluding carboxylic acids is 1. The quantitative estimate of drug-likeness (QED) is 0.675. The molecule has 0 aliphatic heterocycles. The molecule has 1 amide bonds. The van der Waals surface area contributed by atoms with Gasteiger partial charge in [-0.15, -0.1) is 0 Å². The van der Waals surface area contributed by atoms with Gasteiger partial charge in [0, 0.05) is 6.04 Å². The van der Waals surface area contributed by atoms with Crippen LogP contribution in [0.4, 0.5) is 0 Å². The van der Waals surface area contributed by atoms with Crippen molar-refractivity contribution in [3.8, 4) is 0 Å². The van der Waals surface area contributed by atoms with Gasteiger partial charge in [0.05, 0.1) is 5.69 Å². The van der Waals surface area contributed by atoms with Crippen LogP contribution in [0.2, 0.25) is 0 Å². The first-order valence-corrected chi connectivity index (χ1v) is 6.89. The van der Waals surface area contributed by atoms with Crippen LogP contribution in [0.3, 0.4) is 0 Å². The molecule has 0 radical (unpaired) electrons. The number of rotatable bonds is 4. The molecule has 0 aromatic carbocycles. The summed E-state index contributed by atoms with van der Waals surface area (Å²) < 4.78 is 22.9. The Morgan fingerprint density at radius 1 is 1.59 bits per heavy atom. The van der Waals surface area contributed by atoms with Gasteiger partial charge in [0.15, 0.2) is 5.69 Å². The number of primary sulfonamides is 1. The highest BCUT2D eigenvalue weighted by Crippen LogP contribution is 2.21. The summed E-state index contributed by atoms with van der Waals surface area (Å²) in [6.07, 6.45) is 2.25. The Morgan fingerprint density at radius 2 is 2.24 bits per heavy atom. The summed E-state index contributed by atoms with van der Waals surface area (Å²) >= 11 is 0. The molecule has 1 aromatic heterocycles. The van der Waals surface area contributed by atoms with E-state index in [2.05, 4.69) is 15.5 Å². The summed E-state index contributed by atoms with van der Waals surface area (Å²) in [6, 6.07) is 0.137. The second-order valence-electron chi connectivity index (χ2n) is 4.03. The molecule has 1 saturated carbocycles. The van der Waals surface area contributed by atoms with Gasteiger partial charge in [-0.3, -0.25) is 9.89 Å². The lowest BCUT2D eigenvalue weighted by atomic mass is 10.3. The van der Waals surface area contributed by atoms with Crippen LogP contribution in [0, 0.1) is 0 Å². The fourth-order valence-corrected chi connectivity index (χ4v) is 2.49. The molecule has 0 saturated heterocycles. The van der Waals surface area contributed by atoms with E-state index < -0.39 is 15.9 Å². The van der Waals surface area contributed by atoms with Crippen molar-refractivity contribution in [2.24, 2.45) is 5.14 Å². The van der Waals surface area contributed by atoms with E-state index in [1.54, 1.807) is 6.92 Å². The van der Waals surface area contributed by atoms with Gasteiger partial charge in [-0.2, -0.15) is 5.10 Å². The van der Waals surface area contributed by atoms with Crippen LogP contribution >= 0.6 is 0 Å². The maximum atomic E-state index is 11.8. The molecular formula is C9H14N4O3S. The van der Waals surface area contributed by atoms with E-state index in [0.717, 1.165) is 12.8 Å². The van der Waals surface area contributed by atoms with Gasteiger partial charge in [-0.25, -0.2) is 13.6 Å². The summed E-state index contributed by atoms with van der Waals surface area (Å²) in [5, 5.41) is 14.0. The standard InChI is InChI=1S/C9H14N4O3S/c1-2-6-8(17(10,15)16)7(13-12-6)9(14)11-5-3-4-5/h5H,2-4H2,1H3,(H,11,14)(H,12,13)(H2,10,15,16). The fourth-order valence-electron chi connectivity index (χ4n) is 1.55. The summed E-state index contributed by atoms with van der Waals surface area (Å²) in [7, 11) is -3.95. The molecule has 0 spiro atoms. The first-order valence-electron chi connectivity index (χ1n) is 5.34. The molecule has 0 bridgehead atoms. The third-order valence-electron chi connectivity index (χ3n) is 2.56. The molecule has 0 atom stereocenters. The summed E-state index contributed by atoms with van der Waals surface area (Å²) in [4.78, 5) is 11.6. The van der Waals surface area contributed by atoms with Crippen LogP contribution in [0.5, 0.6) is 0 Å². The lowest BCUT2D eigenvalue weighted by Crippen LogP contribution is -2.28. The Hall–Kier alpha value is -1.41. The molecule has 7 nitrogen and oxygen atoms in total. The first kappa shape index (κ1) is 12.1. The molecule has 2 rings (SSSR count). The maximum Gasteiger partial charge on any atom is 0.273 e. The Bertz CT molecular complexity index is 545. The zero-order valence-electron chi connectivity index (χ0n) is 9.36. The van der Waals surface area contributed by atoms with Crippen LogP contribution in [0.1, 0.15) is 35.9 Å². The molecule has 17 heavy (non-hydrogen) atoms. The number of H-pyrrole nitrogens is 1. The van der Waals surface area contributed by atoms with Gasteiger partial charge in [-0.05, 0) is 19.3 Å². The molecule has 1 fully saturated rings. The van der Waals surface area contributed by atoms with E-state index in [9.17, 15) is 13.2 Å². The number of aryl methyl sites for hydroxylation is 1. The van der Waals surface area contributed by atoms with Crippen LogP contribution in [-0.4, -0.2) is 30.6 Å². The third-order valence-corrected chi connectivity index (χ3v) is 3.57. The first-order chi connectivity index (χ1) is 7.93. The van der Waals surface area contributed by atoms with Crippen molar-refractivity contribution in [1.82, 2.24) is 15.5 Å². The molecule has 94 valence electrons. The van der Waals surface area contributed by atoms with Crippen LogP contribution < -0.4 is 10.5 Å². The smallest absolute Gasteiger partial charge is 0.273 e. The van der Waals surface area contributed by atoms with Gasteiger partial charge in [0.2, 0.25) is 10.0 Å². The lowest BCUT2D eigenvalue weighted by molar-refractivity contribution is 0.0942. The van der Waals surface area contributed by atoms with Crippen molar-refractivity contribution in [1.29, 1.82) is 0 Å². The van der Waals surface area contributed by atoms with Crippen molar-refractivity contribution in [2.75, 3.05) is 0 Å². The number of sulfonamides is 1. The Morgan fingerprint density at radius 3 is 2.71 bits per heavy atom. The SMILES string of the molecule is CCc1[nH]nc(C(=O)NC2CC2)c1S(N)(=O)=O. The fraction of sp³-hybridized carbons (Fsp3) is 0.556. The molecule has 0 unspecified atom stereocenters. The number of nitrogens with two attached hydrogens (primary N) is 1. The van der Waals surface area contributed by atoms with Crippen molar-refractivity contribution < 1.29 is 13.2 Å². The normalized spacial score (nSPS) is 15.9. The number of aromatic nitrogens is 2. The molecule has 4 N–H and O–H groups in total. The number of nitrogens with zero attached hydrogens (tertiary/aromatic N) is 1. The van der Waals surface area contributed by atoms with Gasteiger partial charge >= 0.3 is 0 Å². The summed E-state index contributed by atoms with van der Waals surface area (Å²) in [6.45, 7) is 1.75. The number of carbonyl (C=O) groups is 1. The molecular weight excluding hydrogens is 244 g/mol. The Balaban J connectivity index is 2.39. The van der Waals surface area contributed by atoms with Gasteiger partial charge in [0.25, 0.3) is 5.91 Å². The third kappa shape index (κ3) is 2.47. The van der Waals surface area contributed by atoms with E-state index in [1.165, 1.54) is 0 Å².